The summed E-state index contributed by atoms with van der Waals surface area (Å²) in [5.74, 6) is -0.236. The molecule has 0 saturated carbocycles. The molecule has 0 bridgehead atoms. The molecule has 1 heterocycles. The molecule has 3 rings (SSSR count). The molecule has 6 heteroatoms. The van der Waals surface area contributed by atoms with Crippen LogP contribution in [0.25, 0.3) is 0 Å². The fraction of sp³-hybridized carbons (Fsp3) is 0.409. The lowest BCUT2D eigenvalue weighted by Gasteiger charge is -2.25. The molecule has 0 aromatic heterocycles. The van der Waals surface area contributed by atoms with E-state index in [-0.39, 0.29) is 29.0 Å². The molecule has 0 aliphatic carbocycles. The van der Waals surface area contributed by atoms with Crippen LogP contribution in [0, 0.1) is 0 Å². The normalized spacial score (nSPS) is 17.2. The highest BCUT2D eigenvalue weighted by Gasteiger charge is 2.30. The molecular formula is C22H28N2O3S. The zero-order valence-corrected chi connectivity index (χ0v) is 17.4. The maximum absolute atomic E-state index is 12.8. The van der Waals surface area contributed by atoms with Crippen molar-refractivity contribution in [2.24, 2.45) is 0 Å². The molecule has 5 nitrogen and oxygen atoms in total. The van der Waals surface area contributed by atoms with E-state index in [1.54, 1.807) is 30.3 Å². The third-order valence-electron chi connectivity index (χ3n) is 5.12. The van der Waals surface area contributed by atoms with Crippen molar-refractivity contribution in [2.45, 2.75) is 36.7 Å². The second-order valence-electron chi connectivity index (χ2n) is 7.61. The molecule has 1 unspecified atom stereocenters. The first-order valence-electron chi connectivity index (χ1n) is 9.68. The standard InChI is InChI=1S/C22H28N2O3S/c1-23(2)17-18-10-12-19(13-11-18)21-9-6-15-24(21)22(25)14-16-28(26,27)20-7-4-3-5-8-20/h3-5,7-8,10-13,21H,6,9,14-17H2,1-2H3. The lowest BCUT2D eigenvalue weighted by molar-refractivity contribution is -0.131. The first-order chi connectivity index (χ1) is 13.4. The number of carbonyl (C=O) groups excluding carboxylic acids is 1. The minimum absolute atomic E-state index is 0.0203. The predicted molar refractivity (Wildman–Crippen MR) is 111 cm³/mol. The fourth-order valence-electron chi connectivity index (χ4n) is 3.73. The number of hydrogen-bond acceptors (Lipinski definition) is 4. The molecule has 1 aliphatic heterocycles. The van der Waals surface area contributed by atoms with E-state index in [4.69, 9.17) is 0 Å². The molecule has 150 valence electrons. The van der Waals surface area contributed by atoms with Gasteiger partial charge in [-0.2, -0.15) is 0 Å². The minimum atomic E-state index is -3.44. The molecular weight excluding hydrogens is 372 g/mol. The van der Waals surface area contributed by atoms with Gasteiger partial charge in [0.1, 0.15) is 0 Å². The van der Waals surface area contributed by atoms with Crippen LogP contribution < -0.4 is 0 Å². The summed E-state index contributed by atoms with van der Waals surface area (Å²) >= 11 is 0. The second kappa shape index (κ2) is 8.88. The lowest BCUT2D eigenvalue weighted by atomic mass is 10.0. The fourth-order valence-corrected chi connectivity index (χ4v) is 4.98. The van der Waals surface area contributed by atoms with Crippen molar-refractivity contribution >= 4 is 15.7 Å². The molecule has 1 atom stereocenters. The molecule has 2 aromatic carbocycles. The van der Waals surface area contributed by atoms with Crippen molar-refractivity contribution in [3.63, 3.8) is 0 Å². The van der Waals surface area contributed by atoms with Gasteiger partial charge in [0.05, 0.1) is 16.7 Å². The highest BCUT2D eigenvalue weighted by atomic mass is 32.2. The summed E-state index contributed by atoms with van der Waals surface area (Å²) < 4.78 is 24.9. The Morgan fingerprint density at radius 3 is 2.39 bits per heavy atom. The first-order valence-corrected chi connectivity index (χ1v) is 11.3. The van der Waals surface area contributed by atoms with Gasteiger partial charge in [-0.05, 0) is 50.2 Å². The summed E-state index contributed by atoms with van der Waals surface area (Å²) in [7, 11) is 0.637. The van der Waals surface area contributed by atoms with Gasteiger partial charge in [-0.15, -0.1) is 0 Å². The molecule has 28 heavy (non-hydrogen) atoms. The monoisotopic (exact) mass is 400 g/mol. The Labute approximate surface area is 167 Å². The van der Waals surface area contributed by atoms with E-state index in [1.807, 2.05) is 19.0 Å². The van der Waals surface area contributed by atoms with E-state index in [0.717, 1.165) is 24.9 Å². The van der Waals surface area contributed by atoms with Gasteiger partial charge in [0.2, 0.25) is 5.91 Å². The van der Waals surface area contributed by atoms with Crippen molar-refractivity contribution in [3.8, 4) is 0 Å². The topological polar surface area (TPSA) is 57.7 Å². The molecule has 1 amide bonds. The molecule has 0 N–H and O–H groups in total. The Morgan fingerprint density at radius 1 is 1.07 bits per heavy atom. The van der Waals surface area contributed by atoms with Crippen molar-refractivity contribution in [2.75, 3.05) is 26.4 Å². The number of rotatable bonds is 7. The zero-order valence-electron chi connectivity index (χ0n) is 16.5. The van der Waals surface area contributed by atoms with E-state index in [9.17, 15) is 13.2 Å². The van der Waals surface area contributed by atoms with E-state index >= 15 is 0 Å². The number of carbonyl (C=O) groups is 1. The van der Waals surface area contributed by atoms with E-state index in [0.29, 0.717) is 6.54 Å². The van der Waals surface area contributed by atoms with Crippen LogP contribution in [-0.2, 0) is 21.2 Å². The number of amides is 1. The molecule has 2 aromatic rings. The highest BCUT2D eigenvalue weighted by Crippen LogP contribution is 2.32. The third-order valence-corrected chi connectivity index (χ3v) is 6.86. The van der Waals surface area contributed by atoms with Crippen LogP contribution in [0.2, 0.25) is 0 Å². The molecule has 1 aliphatic rings. The molecule has 0 spiro atoms. The molecule has 0 radical (unpaired) electrons. The van der Waals surface area contributed by atoms with Gasteiger partial charge in [0.15, 0.2) is 9.84 Å². The maximum Gasteiger partial charge on any atom is 0.224 e. The Bertz CT molecular complexity index is 893. The molecule has 1 fully saturated rings. The van der Waals surface area contributed by atoms with Gasteiger partial charge < -0.3 is 9.80 Å². The number of benzene rings is 2. The minimum Gasteiger partial charge on any atom is -0.336 e. The smallest absolute Gasteiger partial charge is 0.224 e. The van der Waals surface area contributed by atoms with Crippen LogP contribution in [0.15, 0.2) is 59.5 Å². The summed E-state index contributed by atoms with van der Waals surface area (Å²) in [6.07, 6.45) is 1.89. The summed E-state index contributed by atoms with van der Waals surface area (Å²) in [6.45, 7) is 1.57. The van der Waals surface area contributed by atoms with Gasteiger partial charge in [-0.25, -0.2) is 8.42 Å². The lowest BCUT2D eigenvalue weighted by Crippen LogP contribution is -2.31. The van der Waals surface area contributed by atoms with E-state index in [2.05, 4.69) is 29.2 Å². The van der Waals surface area contributed by atoms with Crippen LogP contribution in [0.3, 0.4) is 0 Å². The van der Waals surface area contributed by atoms with Crippen LogP contribution >= 0.6 is 0 Å². The Morgan fingerprint density at radius 2 is 1.75 bits per heavy atom. The number of likely N-dealkylation sites (tertiary alicyclic amines) is 1. The largest absolute Gasteiger partial charge is 0.336 e. The van der Waals surface area contributed by atoms with Gasteiger partial charge in [-0.1, -0.05) is 42.5 Å². The van der Waals surface area contributed by atoms with Crippen LogP contribution in [0.5, 0.6) is 0 Å². The number of nitrogens with zero attached hydrogens (tertiary/aromatic N) is 2. The van der Waals surface area contributed by atoms with Gasteiger partial charge in [0.25, 0.3) is 0 Å². The third kappa shape index (κ3) is 5.00. The van der Waals surface area contributed by atoms with Crippen LogP contribution in [0.1, 0.15) is 36.4 Å². The molecule has 1 saturated heterocycles. The van der Waals surface area contributed by atoms with Crippen molar-refractivity contribution < 1.29 is 13.2 Å². The van der Waals surface area contributed by atoms with Gasteiger partial charge in [-0.3, -0.25) is 4.79 Å². The maximum atomic E-state index is 12.8. The van der Waals surface area contributed by atoms with Gasteiger partial charge in [0, 0.05) is 19.5 Å². The Kier molecular flexibility index (Phi) is 6.52. The Balaban J connectivity index is 1.64. The summed E-state index contributed by atoms with van der Waals surface area (Å²) in [5, 5.41) is 0. The van der Waals surface area contributed by atoms with Crippen molar-refractivity contribution in [1.82, 2.24) is 9.80 Å². The average Bonchev–Trinajstić information content (AvgIpc) is 3.17. The number of hydrogen-bond donors (Lipinski definition) is 0. The first kappa shape index (κ1) is 20.6. The van der Waals surface area contributed by atoms with Crippen LogP contribution in [0.4, 0.5) is 0 Å². The van der Waals surface area contributed by atoms with E-state index in [1.165, 1.54) is 5.56 Å². The highest BCUT2D eigenvalue weighted by molar-refractivity contribution is 7.91. The zero-order chi connectivity index (χ0) is 20.1. The number of sulfone groups is 1. The summed E-state index contributed by atoms with van der Waals surface area (Å²) in [6, 6.07) is 16.8. The van der Waals surface area contributed by atoms with Gasteiger partial charge >= 0.3 is 0 Å². The quantitative estimate of drug-likeness (QED) is 0.716. The van der Waals surface area contributed by atoms with Crippen molar-refractivity contribution in [3.05, 3.63) is 65.7 Å². The predicted octanol–water partition coefficient (Wildman–Crippen LogP) is 3.28. The second-order valence-corrected chi connectivity index (χ2v) is 9.72. The average molecular weight is 401 g/mol. The van der Waals surface area contributed by atoms with Crippen LogP contribution in [-0.4, -0.2) is 50.5 Å². The summed E-state index contributed by atoms with van der Waals surface area (Å²) in [4.78, 5) is 17.0. The summed E-state index contributed by atoms with van der Waals surface area (Å²) in [5.41, 5.74) is 2.36. The van der Waals surface area contributed by atoms with Crippen molar-refractivity contribution in [1.29, 1.82) is 0 Å². The Hall–Kier alpha value is -2.18. The SMILES string of the molecule is CN(C)Cc1ccc(C2CCCN2C(=O)CCS(=O)(=O)c2ccccc2)cc1. The van der Waals surface area contributed by atoms with E-state index < -0.39 is 9.84 Å².